The van der Waals surface area contributed by atoms with Crippen LogP contribution < -0.4 is 11.3 Å². The van der Waals surface area contributed by atoms with Crippen molar-refractivity contribution in [3.63, 3.8) is 0 Å². The van der Waals surface area contributed by atoms with Crippen LogP contribution in [0.4, 0.5) is 0 Å². The molecule has 1 aromatic heterocycles. The van der Waals surface area contributed by atoms with Crippen molar-refractivity contribution in [2.45, 2.75) is 44.2 Å². The number of pyridine rings is 1. The molecule has 21 heavy (non-hydrogen) atoms. The molecular formula is C17H23N3O. The van der Waals surface area contributed by atoms with E-state index in [4.69, 9.17) is 15.6 Å². The average molecular weight is 285 g/mol. The first kappa shape index (κ1) is 14.4. The molecular weight excluding hydrogens is 262 g/mol. The Morgan fingerprint density at radius 1 is 1.29 bits per heavy atom. The molecule has 112 valence electrons. The summed E-state index contributed by atoms with van der Waals surface area (Å²) in [5.41, 5.74) is 4.81. The minimum Gasteiger partial charge on any atom is -0.374 e. The maximum Gasteiger partial charge on any atom is 0.0824 e. The third kappa shape index (κ3) is 3.07. The van der Waals surface area contributed by atoms with Crippen LogP contribution in [0.5, 0.6) is 0 Å². The first-order valence-electron chi connectivity index (χ1n) is 7.66. The summed E-state index contributed by atoms with van der Waals surface area (Å²) in [6, 6.07) is 12.5. The van der Waals surface area contributed by atoms with Crippen LogP contribution in [0.3, 0.4) is 0 Å². The van der Waals surface area contributed by atoms with E-state index < -0.39 is 0 Å². The lowest BCUT2D eigenvalue weighted by atomic mass is 9.86. The molecule has 3 N–H and O–H groups in total. The molecule has 2 unspecified atom stereocenters. The van der Waals surface area contributed by atoms with Crippen molar-refractivity contribution >= 4 is 10.9 Å². The van der Waals surface area contributed by atoms with Gasteiger partial charge in [0.25, 0.3) is 0 Å². The van der Waals surface area contributed by atoms with E-state index in [1.807, 2.05) is 18.2 Å². The normalized spacial score (nSPS) is 24.1. The fourth-order valence-corrected chi connectivity index (χ4v) is 3.11. The number of nitrogens with two attached hydrogens (primary N) is 1. The van der Waals surface area contributed by atoms with Crippen LogP contribution in [-0.4, -0.2) is 23.2 Å². The van der Waals surface area contributed by atoms with Gasteiger partial charge in [0.15, 0.2) is 0 Å². The summed E-state index contributed by atoms with van der Waals surface area (Å²) in [6.07, 6.45) is 4.15. The second-order valence-corrected chi connectivity index (χ2v) is 6.04. The van der Waals surface area contributed by atoms with E-state index >= 15 is 0 Å². The Hall–Kier alpha value is -1.49. The van der Waals surface area contributed by atoms with Gasteiger partial charge in [0.2, 0.25) is 0 Å². The molecule has 2 atom stereocenters. The van der Waals surface area contributed by atoms with Gasteiger partial charge in [-0.15, -0.1) is 0 Å². The summed E-state index contributed by atoms with van der Waals surface area (Å²) in [6.45, 7) is 2.97. The third-order valence-electron chi connectivity index (χ3n) is 4.51. The fraction of sp³-hybridized carbons (Fsp3) is 0.471. The van der Waals surface area contributed by atoms with Gasteiger partial charge in [0, 0.05) is 24.1 Å². The molecule has 0 spiro atoms. The highest BCUT2D eigenvalue weighted by Gasteiger charge is 2.36. The second-order valence-electron chi connectivity index (χ2n) is 6.04. The SMILES string of the molecule is CC1(C(Cc2ccc3ccccc3n2)NN)CCCCO1. The van der Waals surface area contributed by atoms with Crippen LogP contribution in [0.1, 0.15) is 31.9 Å². The van der Waals surface area contributed by atoms with Gasteiger partial charge < -0.3 is 4.74 Å². The van der Waals surface area contributed by atoms with E-state index in [0.29, 0.717) is 0 Å². The molecule has 0 aliphatic carbocycles. The van der Waals surface area contributed by atoms with Crippen LogP contribution in [0.25, 0.3) is 10.9 Å². The number of nitrogens with zero attached hydrogens (tertiary/aromatic N) is 1. The number of hydrogen-bond acceptors (Lipinski definition) is 4. The van der Waals surface area contributed by atoms with Crippen LogP contribution in [0, 0.1) is 0 Å². The Kier molecular flexibility index (Phi) is 4.19. The summed E-state index contributed by atoms with van der Waals surface area (Å²) in [5.74, 6) is 5.79. The Morgan fingerprint density at radius 2 is 2.14 bits per heavy atom. The highest BCUT2D eigenvalue weighted by Crippen LogP contribution is 2.29. The van der Waals surface area contributed by atoms with Crippen LogP contribution >= 0.6 is 0 Å². The van der Waals surface area contributed by atoms with Crippen molar-refractivity contribution in [1.82, 2.24) is 10.4 Å². The summed E-state index contributed by atoms with van der Waals surface area (Å²) in [4.78, 5) is 4.74. The van der Waals surface area contributed by atoms with E-state index in [1.54, 1.807) is 0 Å². The number of para-hydroxylation sites is 1. The molecule has 1 saturated heterocycles. The maximum absolute atomic E-state index is 6.01. The Bertz CT molecular complexity index is 608. The van der Waals surface area contributed by atoms with Gasteiger partial charge >= 0.3 is 0 Å². The number of fused-ring (bicyclic) bond motifs is 1. The van der Waals surface area contributed by atoms with Crippen molar-refractivity contribution in [2.24, 2.45) is 5.84 Å². The second kappa shape index (κ2) is 6.10. The van der Waals surface area contributed by atoms with E-state index in [0.717, 1.165) is 37.1 Å². The first-order chi connectivity index (χ1) is 10.2. The molecule has 1 fully saturated rings. The Balaban J connectivity index is 1.81. The van der Waals surface area contributed by atoms with Gasteiger partial charge in [-0.05, 0) is 38.3 Å². The van der Waals surface area contributed by atoms with E-state index in [2.05, 4.69) is 30.5 Å². The highest BCUT2D eigenvalue weighted by molar-refractivity contribution is 5.78. The fourth-order valence-electron chi connectivity index (χ4n) is 3.11. The molecule has 1 aliphatic heterocycles. The molecule has 1 aromatic carbocycles. The largest absolute Gasteiger partial charge is 0.374 e. The van der Waals surface area contributed by atoms with Crippen LogP contribution in [-0.2, 0) is 11.2 Å². The topological polar surface area (TPSA) is 60.2 Å². The Labute approximate surface area is 125 Å². The van der Waals surface area contributed by atoms with Gasteiger partial charge in [-0.3, -0.25) is 16.3 Å². The number of aromatic nitrogens is 1. The molecule has 3 rings (SSSR count). The van der Waals surface area contributed by atoms with Gasteiger partial charge in [-0.1, -0.05) is 24.3 Å². The molecule has 4 heteroatoms. The maximum atomic E-state index is 6.01. The monoisotopic (exact) mass is 285 g/mol. The number of hydrazine groups is 1. The summed E-state index contributed by atoms with van der Waals surface area (Å²) in [5, 5.41) is 1.17. The number of rotatable bonds is 4. The zero-order valence-electron chi connectivity index (χ0n) is 12.5. The van der Waals surface area contributed by atoms with Gasteiger partial charge in [0.05, 0.1) is 17.2 Å². The summed E-state index contributed by atoms with van der Waals surface area (Å²) >= 11 is 0. The van der Waals surface area contributed by atoms with Crippen LogP contribution in [0.15, 0.2) is 36.4 Å². The van der Waals surface area contributed by atoms with Gasteiger partial charge in [-0.25, -0.2) is 0 Å². The quantitative estimate of drug-likeness (QED) is 0.669. The molecule has 2 heterocycles. The van der Waals surface area contributed by atoms with Gasteiger partial charge in [-0.2, -0.15) is 0 Å². The number of nitrogens with one attached hydrogen (secondary N) is 1. The molecule has 0 saturated carbocycles. The minimum atomic E-state index is -0.208. The summed E-state index contributed by atoms with van der Waals surface area (Å²) in [7, 11) is 0. The van der Waals surface area contributed by atoms with Crippen molar-refractivity contribution in [3.05, 3.63) is 42.1 Å². The zero-order valence-corrected chi connectivity index (χ0v) is 12.5. The van der Waals surface area contributed by atoms with Gasteiger partial charge in [0.1, 0.15) is 0 Å². The number of hydrogen-bond donors (Lipinski definition) is 2. The molecule has 0 amide bonds. The van der Waals surface area contributed by atoms with Crippen LogP contribution in [0.2, 0.25) is 0 Å². The van der Waals surface area contributed by atoms with Crippen molar-refractivity contribution in [1.29, 1.82) is 0 Å². The first-order valence-corrected chi connectivity index (χ1v) is 7.66. The lowest BCUT2D eigenvalue weighted by Gasteiger charge is -2.40. The smallest absolute Gasteiger partial charge is 0.0824 e. The van der Waals surface area contributed by atoms with E-state index in [9.17, 15) is 0 Å². The predicted octanol–water partition coefficient (Wildman–Crippen LogP) is 2.57. The lowest BCUT2D eigenvalue weighted by Crippen LogP contribution is -2.55. The molecule has 0 bridgehead atoms. The Morgan fingerprint density at radius 3 is 2.90 bits per heavy atom. The molecule has 2 aromatic rings. The van der Waals surface area contributed by atoms with E-state index in [-0.39, 0.29) is 11.6 Å². The number of benzene rings is 1. The zero-order chi connectivity index (χ0) is 14.7. The van der Waals surface area contributed by atoms with E-state index in [1.165, 1.54) is 11.8 Å². The summed E-state index contributed by atoms with van der Waals surface area (Å²) < 4.78 is 6.01. The van der Waals surface area contributed by atoms with Crippen molar-refractivity contribution in [2.75, 3.05) is 6.61 Å². The lowest BCUT2D eigenvalue weighted by molar-refractivity contribution is -0.0886. The third-order valence-corrected chi connectivity index (χ3v) is 4.51. The molecule has 1 aliphatic rings. The highest BCUT2D eigenvalue weighted by atomic mass is 16.5. The van der Waals surface area contributed by atoms with Crippen molar-refractivity contribution in [3.8, 4) is 0 Å². The minimum absolute atomic E-state index is 0.0754. The molecule has 0 radical (unpaired) electrons. The van der Waals surface area contributed by atoms with Crippen molar-refractivity contribution < 1.29 is 4.74 Å². The predicted molar refractivity (Wildman–Crippen MR) is 84.8 cm³/mol. The number of ether oxygens (including phenoxy) is 1. The standard InChI is InChI=1S/C17H23N3O/c1-17(10-4-5-11-21-17)16(20-18)12-14-9-8-13-6-2-3-7-15(13)19-14/h2-3,6-9,16,20H,4-5,10-12,18H2,1H3. The average Bonchev–Trinajstić information content (AvgIpc) is 2.53. The molecule has 4 nitrogen and oxygen atoms in total.